The summed E-state index contributed by atoms with van der Waals surface area (Å²) in [7, 11) is 1.55. The number of ether oxygens (including phenoxy) is 2. The van der Waals surface area contributed by atoms with Crippen molar-refractivity contribution in [2.24, 2.45) is 11.1 Å². The van der Waals surface area contributed by atoms with Crippen molar-refractivity contribution in [3.63, 3.8) is 0 Å². The second kappa shape index (κ2) is 12.7. The predicted molar refractivity (Wildman–Crippen MR) is 141 cm³/mol. The van der Waals surface area contributed by atoms with Gasteiger partial charge in [0.15, 0.2) is 0 Å². The minimum absolute atomic E-state index is 0.0404. The summed E-state index contributed by atoms with van der Waals surface area (Å²) < 4.78 is 53.5. The molecule has 1 aromatic heterocycles. The second-order valence-electron chi connectivity index (χ2n) is 10.2. The second-order valence-corrected chi connectivity index (χ2v) is 10.2. The smallest absolute Gasteiger partial charge is 0.303 e. The van der Waals surface area contributed by atoms with E-state index in [2.05, 4.69) is 9.88 Å². The Labute approximate surface area is 225 Å². The van der Waals surface area contributed by atoms with E-state index in [1.54, 1.807) is 31.5 Å². The molecule has 3 N–H and O–H groups in total. The van der Waals surface area contributed by atoms with Crippen molar-refractivity contribution in [2.75, 3.05) is 33.4 Å². The molecule has 1 atom stereocenters. The summed E-state index contributed by atoms with van der Waals surface area (Å²) in [4.78, 5) is 18.3. The number of pyridine rings is 1. The van der Waals surface area contributed by atoms with E-state index in [1.807, 2.05) is 0 Å². The number of fused-ring (bicyclic) bond motifs is 1. The summed E-state index contributed by atoms with van der Waals surface area (Å²) in [5, 5.41) is 10.3. The first-order valence-electron chi connectivity index (χ1n) is 13.0. The van der Waals surface area contributed by atoms with Crippen molar-refractivity contribution in [3.05, 3.63) is 65.4 Å². The molecule has 10 heteroatoms. The number of rotatable bonds is 12. The van der Waals surface area contributed by atoms with Gasteiger partial charge in [0, 0.05) is 48.4 Å². The first-order valence-corrected chi connectivity index (χ1v) is 13.0. The van der Waals surface area contributed by atoms with Crippen LogP contribution in [0, 0.1) is 17.0 Å². The van der Waals surface area contributed by atoms with Gasteiger partial charge in [0.1, 0.15) is 35.9 Å². The number of hydrogen-bond acceptors (Lipinski definition) is 6. The molecule has 3 aromatic rings. The Morgan fingerprint density at radius 2 is 1.87 bits per heavy atom. The lowest BCUT2D eigenvalue weighted by molar-refractivity contribution is -0.141. The van der Waals surface area contributed by atoms with E-state index in [1.165, 1.54) is 0 Å². The molecule has 0 amide bonds. The molecule has 1 fully saturated rings. The van der Waals surface area contributed by atoms with Crippen molar-refractivity contribution in [2.45, 2.75) is 44.8 Å². The van der Waals surface area contributed by atoms with E-state index in [-0.39, 0.29) is 31.7 Å². The number of halogens is 3. The zero-order valence-electron chi connectivity index (χ0n) is 22.0. The highest BCUT2D eigenvalue weighted by Crippen LogP contribution is 2.43. The van der Waals surface area contributed by atoms with Crippen molar-refractivity contribution in [3.8, 4) is 11.5 Å². The molecule has 0 spiro atoms. The lowest BCUT2D eigenvalue weighted by Crippen LogP contribution is -2.42. The van der Waals surface area contributed by atoms with Gasteiger partial charge in [-0.3, -0.25) is 14.7 Å². The molecular weight excluding hydrogens is 511 g/mol. The summed E-state index contributed by atoms with van der Waals surface area (Å²) in [6, 6.07) is 8.35. The van der Waals surface area contributed by atoms with Crippen molar-refractivity contribution < 1.29 is 32.5 Å². The SMILES string of the molecule is COc1ccc2ncc(CN)c([C@@H](F)CCC3(CC(=O)O)CCN(CCOc4cc(F)cc(F)c4)CC3)c2c1. The van der Waals surface area contributed by atoms with E-state index >= 15 is 4.39 Å². The Balaban J connectivity index is 1.40. The Morgan fingerprint density at radius 1 is 1.15 bits per heavy atom. The van der Waals surface area contributed by atoms with Gasteiger partial charge in [0.05, 0.1) is 19.0 Å². The molecule has 2 heterocycles. The standard InChI is InChI=1S/C29H34F3N3O4/c1-38-22-2-3-26-24(15-22)28(19(17-33)18-34-26)25(32)4-5-29(16-27(36)37)6-8-35(9-7-29)10-11-39-23-13-20(30)12-21(31)14-23/h2-3,12-15,18,25H,4-11,16-17,33H2,1H3,(H,36,37)/t25-/m0/s1. The maximum absolute atomic E-state index is 15.9. The third kappa shape index (κ3) is 7.19. The number of aromatic nitrogens is 1. The predicted octanol–water partition coefficient (Wildman–Crippen LogP) is 5.41. The van der Waals surface area contributed by atoms with Gasteiger partial charge in [0.2, 0.25) is 0 Å². The van der Waals surface area contributed by atoms with Crippen LogP contribution in [0.1, 0.15) is 49.4 Å². The topological polar surface area (TPSA) is 97.9 Å². The quantitative estimate of drug-likeness (QED) is 0.314. The minimum atomic E-state index is -1.34. The van der Waals surface area contributed by atoms with Crippen LogP contribution in [-0.2, 0) is 11.3 Å². The molecule has 0 radical (unpaired) electrons. The van der Waals surface area contributed by atoms with Crippen molar-refractivity contribution in [1.29, 1.82) is 0 Å². The van der Waals surface area contributed by atoms with Crippen LogP contribution in [0.5, 0.6) is 11.5 Å². The molecule has 1 saturated heterocycles. The molecule has 1 aliphatic heterocycles. The number of benzene rings is 2. The molecule has 4 rings (SSSR count). The van der Waals surface area contributed by atoms with E-state index < -0.39 is 29.2 Å². The highest BCUT2D eigenvalue weighted by Gasteiger charge is 2.37. The number of hydrogen-bond donors (Lipinski definition) is 2. The lowest BCUT2D eigenvalue weighted by Gasteiger charge is -2.41. The molecule has 0 unspecified atom stereocenters. The van der Waals surface area contributed by atoms with Crippen LogP contribution in [0.25, 0.3) is 10.9 Å². The summed E-state index contributed by atoms with van der Waals surface area (Å²) in [6.45, 7) is 2.14. The average Bonchev–Trinajstić information content (AvgIpc) is 2.91. The van der Waals surface area contributed by atoms with E-state index in [0.717, 1.165) is 18.2 Å². The Kier molecular flexibility index (Phi) is 9.29. The summed E-state index contributed by atoms with van der Waals surface area (Å²) >= 11 is 0. The Morgan fingerprint density at radius 3 is 2.51 bits per heavy atom. The maximum Gasteiger partial charge on any atom is 0.303 e. The fourth-order valence-corrected chi connectivity index (χ4v) is 5.46. The number of carboxylic acid groups (broad SMARTS) is 1. The maximum atomic E-state index is 15.9. The van der Waals surface area contributed by atoms with Crippen LogP contribution in [-0.4, -0.2) is 54.3 Å². The van der Waals surface area contributed by atoms with Crippen LogP contribution in [0.3, 0.4) is 0 Å². The van der Waals surface area contributed by atoms with Crippen molar-refractivity contribution in [1.82, 2.24) is 9.88 Å². The Hall–Kier alpha value is -3.37. The summed E-state index contributed by atoms with van der Waals surface area (Å²) in [6.07, 6.45) is 1.97. The fraction of sp³-hybridized carbons (Fsp3) is 0.448. The van der Waals surface area contributed by atoms with Crippen LogP contribution >= 0.6 is 0 Å². The van der Waals surface area contributed by atoms with Crippen LogP contribution in [0.2, 0.25) is 0 Å². The minimum Gasteiger partial charge on any atom is -0.497 e. The highest BCUT2D eigenvalue weighted by atomic mass is 19.1. The number of methoxy groups -OCH3 is 1. The van der Waals surface area contributed by atoms with Gasteiger partial charge in [-0.05, 0) is 68.0 Å². The molecule has 2 aromatic carbocycles. The van der Waals surface area contributed by atoms with Gasteiger partial charge in [0.25, 0.3) is 0 Å². The zero-order chi connectivity index (χ0) is 28.0. The van der Waals surface area contributed by atoms with Crippen LogP contribution in [0.15, 0.2) is 42.6 Å². The molecule has 0 saturated carbocycles. The van der Waals surface area contributed by atoms with E-state index in [4.69, 9.17) is 15.2 Å². The number of likely N-dealkylation sites (tertiary alicyclic amines) is 1. The van der Waals surface area contributed by atoms with E-state index in [0.29, 0.717) is 66.7 Å². The fourth-order valence-electron chi connectivity index (χ4n) is 5.46. The van der Waals surface area contributed by atoms with Crippen LogP contribution in [0.4, 0.5) is 13.2 Å². The summed E-state index contributed by atoms with van der Waals surface area (Å²) in [5.74, 6) is -1.60. The van der Waals surface area contributed by atoms with E-state index in [9.17, 15) is 18.7 Å². The van der Waals surface area contributed by atoms with Gasteiger partial charge < -0.3 is 20.3 Å². The number of piperidine rings is 1. The molecule has 0 bridgehead atoms. The number of carboxylic acids is 1. The molecule has 1 aliphatic rings. The van der Waals surface area contributed by atoms with Gasteiger partial charge >= 0.3 is 5.97 Å². The normalized spacial score (nSPS) is 16.2. The molecule has 210 valence electrons. The van der Waals surface area contributed by atoms with Crippen molar-refractivity contribution >= 4 is 16.9 Å². The highest BCUT2D eigenvalue weighted by molar-refractivity contribution is 5.85. The molecule has 7 nitrogen and oxygen atoms in total. The third-order valence-electron chi connectivity index (χ3n) is 7.62. The molecule has 39 heavy (non-hydrogen) atoms. The zero-order valence-corrected chi connectivity index (χ0v) is 22.0. The number of alkyl halides is 1. The van der Waals surface area contributed by atoms with Gasteiger partial charge in [-0.25, -0.2) is 13.2 Å². The third-order valence-corrected chi connectivity index (χ3v) is 7.62. The first kappa shape index (κ1) is 28.6. The molecule has 0 aliphatic carbocycles. The van der Waals surface area contributed by atoms with Gasteiger partial charge in [-0.2, -0.15) is 0 Å². The Bertz CT molecular complexity index is 1270. The average molecular weight is 546 g/mol. The van der Waals surface area contributed by atoms with Crippen LogP contribution < -0.4 is 15.2 Å². The number of nitrogens with two attached hydrogens (primary N) is 1. The largest absolute Gasteiger partial charge is 0.497 e. The monoisotopic (exact) mass is 545 g/mol. The van der Waals surface area contributed by atoms with Gasteiger partial charge in [-0.1, -0.05) is 0 Å². The molecular formula is C29H34F3N3O4. The number of carbonyl (C=O) groups is 1. The van der Waals surface area contributed by atoms with Gasteiger partial charge in [-0.15, -0.1) is 0 Å². The lowest BCUT2D eigenvalue weighted by atomic mass is 9.71. The summed E-state index contributed by atoms with van der Waals surface area (Å²) in [5.41, 5.74) is 7.12. The number of aliphatic carboxylic acids is 1. The first-order chi connectivity index (χ1) is 18.7. The number of nitrogens with zero attached hydrogens (tertiary/aromatic N) is 2.